The number of nitrogens with zero attached hydrogens (tertiary/aromatic N) is 1. The van der Waals surface area contributed by atoms with Gasteiger partial charge in [0, 0.05) is 23.0 Å². The van der Waals surface area contributed by atoms with E-state index in [-0.39, 0.29) is 10.5 Å². The van der Waals surface area contributed by atoms with Gasteiger partial charge in [0.2, 0.25) is 0 Å². The number of aryl methyl sites for hydroxylation is 1. The Hall–Kier alpha value is -1.09. The quantitative estimate of drug-likeness (QED) is 0.533. The molecule has 0 aromatic heterocycles. The Morgan fingerprint density at radius 1 is 1.12 bits per heavy atom. The van der Waals surface area contributed by atoms with Crippen LogP contribution in [0.1, 0.15) is 30.4 Å². The standard InChI is InChI=1S/C23H30ClNS/c1-26(2)23-12-10-19(11-13-23)8-9-21-6-4-15-25(18-21)16-14-20-5-3-7-22(24)17-20/h3,5,7,10-13,17,21H,1,4,6,8-9,14-16,18H2,2H3. The molecule has 1 fully saturated rings. The van der Waals surface area contributed by atoms with Crippen molar-refractivity contribution in [1.29, 1.82) is 0 Å². The second-order valence-corrected chi connectivity index (χ2v) is 9.69. The first-order valence-electron chi connectivity index (χ1n) is 9.61. The van der Waals surface area contributed by atoms with Crippen LogP contribution >= 0.6 is 22.1 Å². The smallest absolute Gasteiger partial charge is 0.0408 e. The van der Waals surface area contributed by atoms with Crippen LogP contribution in [-0.2, 0) is 12.8 Å². The molecular formula is C23H30ClNS. The van der Waals surface area contributed by atoms with Crippen LogP contribution in [0.4, 0.5) is 0 Å². The third-order valence-electron chi connectivity index (χ3n) is 5.38. The van der Waals surface area contributed by atoms with Crippen molar-refractivity contribution in [3.05, 3.63) is 64.7 Å². The van der Waals surface area contributed by atoms with Crippen molar-refractivity contribution in [3.8, 4) is 0 Å². The third-order valence-corrected chi connectivity index (χ3v) is 6.69. The third kappa shape index (κ3) is 5.97. The van der Waals surface area contributed by atoms with Crippen molar-refractivity contribution in [2.45, 2.75) is 37.0 Å². The van der Waals surface area contributed by atoms with E-state index in [0.717, 1.165) is 23.9 Å². The molecule has 0 radical (unpaired) electrons. The average Bonchev–Trinajstić information content (AvgIpc) is 2.65. The van der Waals surface area contributed by atoms with Crippen molar-refractivity contribution in [2.75, 3.05) is 25.9 Å². The topological polar surface area (TPSA) is 3.24 Å². The van der Waals surface area contributed by atoms with Gasteiger partial charge in [0.25, 0.3) is 0 Å². The van der Waals surface area contributed by atoms with Gasteiger partial charge in [-0.15, -0.1) is 0 Å². The normalized spacial score (nSPS) is 19.4. The van der Waals surface area contributed by atoms with Gasteiger partial charge >= 0.3 is 0 Å². The summed E-state index contributed by atoms with van der Waals surface area (Å²) < 4.78 is 0. The fourth-order valence-electron chi connectivity index (χ4n) is 3.83. The predicted molar refractivity (Wildman–Crippen MR) is 118 cm³/mol. The minimum absolute atomic E-state index is 0.115. The highest BCUT2D eigenvalue weighted by molar-refractivity contribution is 8.13. The van der Waals surface area contributed by atoms with Gasteiger partial charge < -0.3 is 4.90 Å². The van der Waals surface area contributed by atoms with E-state index in [2.05, 4.69) is 59.5 Å². The van der Waals surface area contributed by atoms with E-state index in [9.17, 15) is 0 Å². The van der Waals surface area contributed by atoms with Crippen molar-refractivity contribution in [1.82, 2.24) is 4.90 Å². The molecule has 140 valence electrons. The van der Waals surface area contributed by atoms with E-state index in [1.165, 1.54) is 54.8 Å². The molecule has 0 bridgehead atoms. The number of hydrogen-bond donors (Lipinski definition) is 0. The summed E-state index contributed by atoms with van der Waals surface area (Å²) in [4.78, 5) is 4.00. The van der Waals surface area contributed by atoms with Crippen LogP contribution in [0.3, 0.4) is 0 Å². The zero-order valence-electron chi connectivity index (χ0n) is 15.8. The Bertz CT molecular complexity index is 725. The number of likely N-dealkylation sites (tertiary alicyclic amines) is 1. The molecule has 0 saturated carbocycles. The zero-order chi connectivity index (χ0) is 18.4. The second kappa shape index (κ2) is 9.73. The van der Waals surface area contributed by atoms with Crippen LogP contribution in [-0.4, -0.2) is 36.7 Å². The molecule has 3 rings (SSSR count). The Balaban J connectivity index is 1.45. The van der Waals surface area contributed by atoms with E-state index in [4.69, 9.17) is 11.6 Å². The molecule has 0 amide bonds. The highest BCUT2D eigenvalue weighted by Gasteiger charge is 2.19. The van der Waals surface area contributed by atoms with Crippen LogP contribution in [0.5, 0.6) is 0 Å². The Labute approximate surface area is 166 Å². The molecule has 2 aromatic rings. The van der Waals surface area contributed by atoms with Crippen molar-refractivity contribution < 1.29 is 0 Å². The van der Waals surface area contributed by atoms with Gasteiger partial charge in [-0.05, 0) is 86.2 Å². The lowest BCUT2D eigenvalue weighted by atomic mass is 9.91. The molecule has 2 aromatic carbocycles. The predicted octanol–water partition coefficient (Wildman–Crippen LogP) is 5.92. The number of halogens is 1. The van der Waals surface area contributed by atoms with Crippen molar-refractivity contribution >= 4 is 28.0 Å². The molecule has 26 heavy (non-hydrogen) atoms. The van der Waals surface area contributed by atoms with Crippen LogP contribution in [0, 0.1) is 5.92 Å². The van der Waals surface area contributed by atoms with Crippen LogP contribution in [0.15, 0.2) is 53.4 Å². The first-order valence-corrected chi connectivity index (χ1v) is 11.8. The van der Waals surface area contributed by atoms with Crippen LogP contribution < -0.4 is 0 Å². The summed E-state index contributed by atoms with van der Waals surface area (Å²) in [5.41, 5.74) is 2.82. The van der Waals surface area contributed by atoms with E-state index in [1.54, 1.807) is 0 Å². The summed E-state index contributed by atoms with van der Waals surface area (Å²) in [6.45, 7) is 3.64. The van der Waals surface area contributed by atoms with Gasteiger partial charge in [-0.3, -0.25) is 0 Å². The van der Waals surface area contributed by atoms with E-state index >= 15 is 0 Å². The van der Waals surface area contributed by atoms with Gasteiger partial charge in [0.05, 0.1) is 0 Å². The maximum absolute atomic E-state index is 6.10. The monoisotopic (exact) mass is 387 g/mol. The minimum atomic E-state index is 0.115. The van der Waals surface area contributed by atoms with Crippen LogP contribution in [0.25, 0.3) is 0 Å². The molecule has 2 atom stereocenters. The molecule has 1 aliphatic rings. The summed E-state index contributed by atoms with van der Waals surface area (Å²) in [5.74, 6) is 4.96. The molecule has 3 heteroatoms. The van der Waals surface area contributed by atoms with E-state index in [1.807, 2.05) is 6.07 Å². The van der Waals surface area contributed by atoms with Gasteiger partial charge in [-0.2, -0.15) is 10.5 Å². The Morgan fingerprint density at radius 2 is 1.92 bits per heavy atom. The zero-order valence-corrected chi connectivity index (χ0v) is 17.4. The van der Waals surface area contributed by atoms with Gasteiger partial charge in [-0.25, -0.2) is 0 Å². The first-order chi connectivity index (χ1) is 12.6. The lowest BCUT2D eigenvalue weighted by Crippen LogP contribution is -2.36. The summed E-state index contributed by atoms with van der Waals surface area (Å²) in [5, 5.41) is 0.846. The lowest BCUT2D eigenvalue weighted by Gasteiger charge is -2.33. The number of rotatable bonds is 7. The van der Waals surface area contributed by atoms with Crippen LogP contribution in [0.2, 0.25) is 5.02 Å². The maximum Gasteiger partial charge on any atom is 0.0408 e. The maximum atomic E-state index is 6.10. The molecule has 0 spiro atoms. The van der Waals surface area contributed by atoms with Gasteiger partial charge in [0.15, 0.2) is 0 Å². The fourth-order valence-corrected chi connectivity index (χ4v) is 4.64. The number of hydrogen-bond acceptors (Lipinski definition) is 1. The average molecular weight is 388 g/mol. The highest BCUT2D eigenvalue weighted by Crippen LogP contribution is 2.24. The van der Waals surface area contributed by atoms with E-state index < -0.39 is 0 Å². The Kier molecular flexibility index (Phi) is 7.36. The van der Waals surface area contributed by atoms with Crippen molar-refractivity contribution in [2.24, 2.45) is 5.92 Å². The van der Waals surface area contributed by atoms with Gasteiger partial charge in [-0.1, -0.05) is 41.7 Å². The Morgan fingerprint density at radius 3 is 2.65 bits per heavy atom. The van der Waals surface area contributed by atoms with Crippen molar-refractivity contribution in [3.63, 3.8) is 0 Å². The fraction of sp³-hybridized carbons (Fsp3) is 0.435. The molecular weight excluding hydrogens is 358 g/mol. The lowest BCUT2D eigenvalue weighted by molar-refractivity contribution is 0.170. The largest absolute Gasteiger partial charge is 0.303 e. The van der Waals surface area contributed by atoms with E-state index in [0.29, 0.717) is 0 Å². The second-order valence-electron chi connectivity index (χ2n) is 7.51. The molecule has 0 aliphatic carbocycles. The highest BCUT2D eigenvalue weighted by atomic mass is 35.5. The summed E-state index contributed by atoms with van der Waals surface area (Å²) in [6, 6.07) is 17.4. The summed E-state index contributed by atoms with van der Waals surface area (Å²) in [6.07, 6.45) is 8.48. The molecule has 1 aliphatic heterocycles. The minimum Gasteiger partial charge on any atom is -0.303 e. The summed E-state index contributed by atoms with van der Waals surface area (Å²) in [7, 11) is 0.115. The molecule has 2 unspecified atom stereocenters. The summed E-state index contributed by atoms with van der Waals surface area (Å²) >= 11 is 6.10. The number of piperidine rings is 1. The molecule has 0 N–H and O–H groups in total. The SMILES string of the molecule is C=S(C)c1ccc(CCC2CCCN(CCc3cccc(Cl)c3)C2)cc1. The molecule has 1 heterocycles. The van der Waals surface area contributed by atoms with Gasteiger partial charge in [0.1, 0.15) is 0 Å². The number of benzene rings is 2. The first kappa shape index (κ1) is 19.7. The molecule has 1 nitrogen and oxygen atoms in total. The molecule has 1 saturated heterocycles.